The van der Waals surface area contributed by atoms with Gasteiger partial charge in [0.05, 0.1) is 22.7 Å². The van der Waals surface area contributed by atoms with Crippen LogP contribution in [0, 0.1) is 5.92 Å². The number of thiazole rings is 1. The minimum absolute atomic E-state index is 0.0111. The van der Waals surface area contributed by atoms with E-state index in [1.807, 2.05) is 17.2 Å². The number of rotatable bonds is 5. The Morgan fingerprint density at radius 1 is 1.36 bits per heavy atom. The Hall–Kier alpha value is -1.43. The van der Waals surface area contributed by atoms with Crippen molar-refractivity contribution in [1.82, 2.24) is 15.2 Å². The SMILES string of the molecule is CCc1nc(C(C)NC(=O)C2CC(=O)N(C3CCCCCC3)C2)cs1. The Morgan fingerprint density at radius 3 is 2.72 bits per heavy atom. The fourth-order valence-electron chi connectivity index (χ4n) is 3.92. The summed E-state index contributed by atoms with van der Waals surface area (Å²) in [5, 5.41) is 6.16. The van der Waals surface area contributed by atoms with E-state index in [0.717, 1.165) is 30.0 Å². The monoisotopic (exact) mass is 363 g/mol. The summed E-state index contributed by atoms with van der Waals surface area (Å²) in [6.07, 6.45) is 8.40. The molecule has 25 heavy (non-hydrogen) atoms. The molecule has 2 fully saturated rings. The summed E-state index contributed by atoms with van der Waals surface area (Å²) in [5.41, 5.74) is 0.917. The van der Waals surface area contributed by atoms with Gasteiger partial charge >= 0.3 is 0 Å². The minimum Gasteiger partial charge on any atom is -0.348 e. The molecule has 2 atom stereocenters. The molecule has 1 aromatic heterocycles. The first kappa shape index (κ1) is 18.4. The number of amides is 2. The quantitative estimate of drug-likeness (QED) is 0.815. The zero-order chi connectivity index (χ0) is 17.8. The highest BCUT2D eigenvalue weighted by Gasteiger charge is 2.38. The van der Waals surface area contributed by atoms with E-state index in [-0.39, 0.29) is 23.8 Å². The average Bonchev–Trinajstić information content (AvgIpc) is 3.14. The van der Waals surface area contributed by atoms with Gasteiger partial charge in [-0.05, 0) is 26.2 Å². The van der Waals surface area contributed by atoms with Crippen LogP contribution in [0.5, 0.6) is 0 Å². The third kappa shape index (κ3) is 4.40. The molecule has 1 aliphatic heterocycles. The first-order valence-corrected chi connectivity index (χ1v) is 10.5. The largest absolute Gasteiger partial charge is 0.348 e. The van der Waals surface area contributed by atoms with Crippen LogP contribution in [0.4, 0.5) is 0 Å². The fourth-order valence-corrected chi connectivity index (χ4v) is 4.76. The van der Waals surface area contributed by atoms with Gasteiger partial charge in [0.2, 0.25) is 11.8 Å². The maximum absolute atomic E-state index is 12.6. The van der Waals surface area contributed by atoms with Crippen molar-refractivity contribution >= 4 is 23.2 Å². The second kappa shape index (κ2) is 8.30. The highest BCUT2D eigenvalue weighted by Crippen LogP contribution is 2.28. The maximum Gasteiger partial charge on any atom is 0.225 e. The topological polar surface area (TPSA) is 62.3 Å². The Balaban J connectivity index is 1.56. The summed E-state index contributed by atoms with van der Waals surface area (Å²) in [6.45, 7) is 4.63. The predicted molar refractivity (Wildman–Crippen MR) is 99.4 cm³/mol. The van der Waals surface area contributed by atoms with Crippen LogP contribution in [0.1, 0.15) is 75.5 Å². The zero-order valence-corrected chi connectivity index (χ0v) is 16.1. The van der Waals surface area contributed by atoms with Gasteiger partial charge in [-0.2, -0.15) is 0 Å². The normalized spacial score (nSPS) is 23.5. The molecule has 1 aromatic rings. The van der Waals surface area contributed by atoms with Gasteiger partial charge in [0, 0.05) is 24.4 Å². The molecule has 6 heteroatoms. The number of likely N-dealkylation sites (tertiary alicyclic amines) is 1. The van der Waals surface area contributed by atoms with E-state index in [1.54, 1.807) is 11.3 Å². The molecule has 2 amide bonds. The molecule has 5 nitrogen and oxygen atoms in total. The van der Waals surface area contributed by atoms with E-state index in [9.17, 15) is 9.59 Å². The summed E-state index contributed by atoms with van der Waals surface area (Å²) < 4.78 is 0. The van der Waals surface area contributed by atoms with Crippen molar-refractivity contribution in [3.05, 3.63) is 16.1 Å². The van der Waals surface area contributed by atoms with Gasteiger partial charge in [0.1, 0.15) is 0 Å². The summed E-state index contributed by atoms with van der Waals surface area (Å²) in [6, 6.07) is 0.238. The van der Waals surface area contributed by atoms with Crippen LogP contribution in [-0.4, -0.2) is 34.3 Å². The van der Waals surface area contributed by atoms with Crippen molar-refractivity contribution < 1.29 is 9.59 Å². The van der Waals surface area contributed by atoms with E-state index in [0.29, 0.717) is 19.0 Å². The Morgan fingerprint density at radius 2 is 2.08 bits per heavy atom. The van der Waals surface area contributed by atoms with Crippen molar-refractivity contribution in [2.24, 2.45) is 5.92 Å². The summed E-state index contributed by atoms with van der Waals surface area (Å²) >= 11 is 1.63. The number of carbonyl (C=O) groups is 2. The lowest BCUT2D eigenvalue weighted by molar-refractivity contribution is -0.130. The number of nitrogens with zero attached hydrogens (tertiary/aromatic N) is 2. The maximum atomic E-state index is 12.6. The molecule has 0 aromatic carbocycles. The fraction of sp³-hybridized carbons (Fsp3) is 0.737. The number of aryl methyl sites for hydroxylation is 1. The van der Waals surface area contributed by atoms with Gasteiger partial charge < -0.3 is 10.2 Å². The van der Waals surface area contributed by atoms with E-state index in [1.165, 1.54) is 25.7 Å². The van der Waals surface area contributed by atoms with Crippen LogP contribution in [0.15, 0.2) is 5.38 Å². The van der Waals surface area contributed by atoms with Crippen LogP contribution in [0.25, 0.3) is 0 Å². The van der Waals surface area contributed by atoms with Crippen LogP contribution < -0.4 is 5.32 Å². The molecular formula is C19H29N3O2S. The molecule has 1 aliphatic carbocycles. The van der Waals surface area contributed by atoms with E-state index in [4.69, 9.17) is 0 Å². The molecule has 138 valence electrons. The number of aromatic nitrogens is 1. The third-order valence-electron chi connectivity index (χ3n) is 5.47. The predicted octanol–water partition coefficient (Wildman–Crippen LogP) is 3.45. The molecule has 0 radical (unpaired) electrons. The molecule has 1 saturated carbocycles. The number of carbonyl (C=O) groups excluding carboxylic acids is 2. The molecule has 1 saturated heterocycles. The van der Waals surface area contributed by atoms with Crippen LogP contribution in [-0.2, 0) is 16.0 Å². The highest BCUT2D eigenvalue weighted by atomic mass is 32.1. The van der Waals surface area contributed by atoms with E-state index in [2.05, 4.69) is 17.2 Å². The number of hydrogen-bond donors (Lipinski definition) is 1. The van der Waals surface area contributed by atoms with Crippen molar-refractivity contribution in [1.29, 1.82) is 0 Å². The lowest BCUT2D eigenvalue weighted by Gasteiger charge is -2.27. The molecule has 0 bridgehead atoms. The summed E-state index contributed by atoms with van der Waals surface area (Å²) in [4.78, 5) is 31.6. The number of hydrogen-bond acceptors (Lipinski definition) is 4. The summed E-state index contributed by atoms with van der Waals surface area (Å²) in [7, 11) is 0. The number of nitrogens with one attached hydrogen (secondary N) is 1. The molecule has 2 heterocycles. The summed E-state index contributed by atoms with van der Waals surface area (Å²) in [5.74, 6) is -0.0767. The first-order valence-electron chi connectivity index (χ1n) is 9.62. The van der Waals surface area contributed by atoms with E-state index >= 15 is 0 Å². The highest BCUT2D eigenvalue weighted by molar-refractivity contribution is 7.09. The van der Waals surface area contributed by atoms with Gasteiger partial charge in [0.25, 0.3) is 0 Å². The van der Waals surface area contributed by atoms with Crippen LogP contribution >= 0.6 is 11.3 Å². The molecule has 2 unspecified atom stereocenters. The lowest BCUT2D eigenvalue weighted by atomic mass is 10.1. The molecule has 0 spiro atoms. The second-order valence-electron chi connectivity index (χ2n) is 7.34. The van der Waals surface area contributed by atoms with Gasteiger partial charge in [-0.15, -0.1) is 11.3 Å². The molecule has 3 rings (SSSR count). The third-order valence-corrected chi connectivity index (χ3v) is 6.48. The van der Waals surface area contributed by atoms with Crippen LogP contribution in [0.3, 0.4) is 0 Å². The van der Waals surface area contributed by atoms with Crippen molar-refractivity contribution in [2.45, 2.75) is 77.3 Å². The van der Waals surface area contributed by atoms with Crippen LogP contribution in [0.2, 0.25) is 0 Å². The molecular weight excluding hydrogens is 334 g/mol. The van der Waals surface area contributed by atoms with Crippen molar-refractivity contribution in [2.75, 3.05) is 6.54 Å². The first-order chi connectivity index (χ1) is 12.1. The van der Waals surface area contributed by atoms with Crippen molar-refractivity contribution in [3.8, 4) is 0 Å². The van der Waals surface area contributed by atoms with Gasteiger partial charge in [-0.1, -0.05) is 32.6 Å². The Labute approximate surface area is 154 Å². The smallest absolute Gasteiger partial charge is 0.225 e. The second-order valence-corrected chi connectivity index (χ2v) is 8.29. The van der Waals surface area contributed by atoms with Gasteiger partial charge in [-0.25, -0.2) is 4.98 Å². The lowest BCUT2D eigenvalue weighted by Crippen LogP contribution is -2.38. The molecule has 1 N–H and O–H groups in total. The Kier molecular flexibility index (Phi) is 6.10. The Bertz CT molecular complexity index is 608. The zero-order valence-electron chi connectivity index (χ0n) is 15.3. The van der Waals surface area contributed by atoms with E-state index < -0.39 is 0 Å². The van der Waals surface area contributed by atoms with Gasteiger partial charge in [-0.3, -0.25) is 9.59 Å². The van der Waals surface area contributed by atoms with Crippen molar-refractivity contribution in [3.63, 3.8) is 0 Å². The standard InChI is InChI=1S/C19H29N3O2S/c1-3-17-21-16(12-25-17)13(2)20-19(24)14-10-18(23)22(11-14)15-8-6-4-5-7-9-15/h12-15H,3-11H2,1-2H3,(H,20,24). The van der Waals surface area contributed by atoms with Gasteiger partial charge in [0.15, 0.2) is 0 Å². The minimum atomic E-state index is -0.220. The molecule has 2 aliphatic rings. The average molecular weight is 364 g/mol.